The molecule has 1 fully saturated rings. The van der Waals surface area contributed by atoms with Gasteiger partial charge in [-0.2, -0.15) is 0 Å². The highest BCUT2D eigenvalue weighted by Crippen LogP contribution is 2.47. The van der Waals surface area contributed by atoms with E-state index in [1.807, 2.05) is 0 Å². The van der Waals surface area contributed by atoms with Crippen LogP contribution in [0.3, 0.4) is 0 Å². The first-order valence-electron chi connectivity index (χ1n) is 8.29. The predicted molar refractivity (Wildman–Crippen MR) is 85.5 cm³/mol. The molecule has 1 aliphatic rings. The van der Waals surface area contributed by atoms with Crippen LogP contribution in [0.25, 0.3) is 0 Å². The minimum absolute atomic E-state index is 0.102. The van der Waals surface area contributed by atoms with Crippen molar-refractivity contribution in [2.75, 3.05) is 25.5 Å². The topological polar surface area (TPSA) is 18.5 Å². The van der Waals surface area contributed by atoms with Crippen molar-refractivity contribution in [2.45, 2.75) is 77.7 Å². The molecule has 0 aromatic rings. The second kappa shape index (κ2) is 11.1. The Morgan fingerprint density at radius 3 is 2.00 bits per heavy atom. The van der Waals surface area contributed by atoms with Crippen molar-refractivity contribution >= 4 is 7.92 Å². The van der Waals surface area contributed by atoms with E-state index in [0.29, 0.717) is 0 Å². The zero-order valence-corrected chi connectivity index (χ0v) is 14.1. The van der Waals surface area contributed by atoms with E-state index in [0.717, 1.165) is 25.3 Å². The summed E-state index contributed by atoms with van der Waals surface area (Å²) in [6, 6.07) is 0. The van der Waals surface area contributed by atoms with Crippen LogP contribution in [0.4, 0.5) is 0 Å². The Labute approximate surface area is 121 Å². The number of hydrogen-bond acceptors (Lipinski definition) is 2. The molecule has 1 saturated heterocycles. The van der Waals surface area contributed by atoms with Gasteiger partial charge < -0.3 is 9.47 Å². The minimum atomic E-state index is 0.102. The molecule has 0 aliphatic carbocycles. The third kappa shape index (κ3) is 7.06. The quantitative estimate of drug-likeness (QED) is 0.498. The third-order valence-electron chi connectivity index (χ3n) is 3.89. The van der Waals surface area contributed by atoms with Gasteiger partial charge in [0.1, 0.15) is 0 Å². The van der Waals surface area contributed by atoms with E-state index in [1.54, 1.807) is 0 Å². The van der Waals surface area contributed by atoms with Gasteiger partial charge in [-0.05, 0) is 37.2 Å². The summed E-state index contributed by atoms with van der Waals surface area (Å²) >= 11 is 0. The average molecular weight is 288 g/mol. The molecule has 1 aliphatic heterocycles. The summed E-state index contributed by atoms with van der Waals surface area (Å²) in [5.41, 5.74) is 0.862. The molecule has 1 heterocycles. The lowest BCUT2D eigenvalue weighted by atomic mass is 10.2. The van der Waals surface area contributed by atoms with Crippen molar-refractivity contribution in [3.05, 3.63) is 0 Å². The van der Waals surface area contributed by atoms with Crippen LogP contribution in [0, 0.1) is 0 Å². The van der Waals surface area contributed by atoms with Crippen molar-refractivity contribution in [1.82, 2.24) is 0 Å². The molecule has 1 rings (SSSR count). The third-order valence-corrected chi connectivity index (χ3v) is 7.17. The van der Waals surface area contributed by atoms with Crippen LogP contribution in [0.2, 0.25) is 0 Å². The van der Waals surface area contributed by atoms with Gasteiger partial charge in [0.25, 0.3) is 0 Å². The van der Waals surface area contributed by atoms with Crippen LogP contribution in [0.1, 0.15) is 65.7 Å². The maximum atomic E-state index is 5.68. The minimum Gasteiger partial charge on any atom is -0.350 e. The molecule has 114 valence electrons. The first kappa shape index (κ1) is 17.4. The molecule has 0 amide bonds. The van der Waals surface area contributed by atoms with Crippen molar-refractivity contribution in [3.63, 3.8) is 0 Å². The lowest BCUT2D eigenvalue weighted by molar-refractivity contribution is -0.0471. The van der Waals surface area contributed by atoms with Crippen LogP contribution >= 0.6 is 7.92 Å². The largest absolute Gasteiger partial charge is 0.350 e. The zero-order chi connectivity index (χ0) is 13.9. The smallest absolute Gasteiger partial charge is 0.158 e. The maximum Gasteiger partial charge on any atom is 0.158 e. The molecule has 0 aromatic heterocycles. The fourth-order valence-electron chi connectivity index (χ4n) is 2.75. The summed E-state index contributed by atoms with van der Waals surface area (Å²) in [7, 11) is 0.182. The van der Waals surface area contributed by atoms with Gasteiger partial charge in [-0.3, -0.25) is 0 Å². The maximum absolute atomic E-state index is 5.68. The Morgan fingerprint density at radius 2 is 1.53 bits per heavy atom. The van der Waals surface area contributed by atoms with Crippen LogP contribution in [-0.2, 0) is 9.47 Å². The SMILES string of the molecule is CCCCP(CCCC)C(CCC)CC1OCCO1. The number of unbranched alkanes of at least 4 members (excludes halogenated alkanes) is 2. The summed E-state index contributed by atoms with van der Waals surface area (Å²) in [5, 5.41) is 0. The fraction of sp³-hybridized carbons (Fsp3) is 1.00. The highest BCUT2D eigenvalue weighted by molar-refractivity contribution is 7.58. The van der Waals surface area contributed by atoms with E-state index in [2.05, 4.69) is 20.8 Å². The number of hydrogen-bond donors (Lipinski definition) is 0. The summed E-state index contributed by atoms with van der Waals surface area (Å²) in [6.07, 6.45) is 12.3. The average Bonchev–Trinajstić information content (AvgIpc) is 2.91. The van der Waals surface area contributed by atoms with Gasteiger partial charge in [-0.15, -0.1) is 7.92 Å². The Hall–Kier alpha value is 0.350. The van der Waals surface area contributed by atoms with Gasteiger partial charge in [-0.1, -0.05) is 40.0 Å². The molecule has 2 nitrogen and oxygen atoms in total. The van der Waals surface area contributed by atoms with Gasteiger partial charge in [0, 0.05) is 6.42 Å². The lowest BCUT2D eigenvalue weighted by Crippen LogP contribution is -2.19. The highest BCUT2D eigenvalue weighted by Gasteiger charge is 2.26. The van der Waals surface area contributed by atoms with Gasteiger partial charge in [0.15, 0.2) is 6.29 Å². The molecular formula is C16H33O2P. The van der Waals surface area contributed by atoms with E-state index in [4.69, 9.17) is 9.47 Å². The monoisotopic (exact) mass is 288 g/mol. The predicted octanol–water partition coefficient (Wildman–Crippen LogP) is 5.00. The Kier molecular flexibility index (Phi) is 10.1. The molecule has 0 bridgehead atoms. The van der Waals surface area contributed by atoms with E-state index in [-0.39, 0.29) is 14.2 Å². The number of rotatable bonds is 11. The molecule has 0 radical (unpaired) electrons. The van der Waals surface area contributed by atoms with Gasteiger partial charge in [-0.25, -0.2) is 0 Å². The molecule has 3 heteroatoms. The summed E-state index contributed by atoms with van der Waals surface area (Å²) in [6.45, 7) is 8.53. The second-order valence-electron chi connectivity index (χ2n) is 5.59. The van der Waals surface area contributed by atoms with Crippen molar-refractivity contribution in [2.24, 2.45) is 0 Å². The molecule has 0 aromatic carbocycles. The second-order valence-corrected chi connectivity index (χ2v) is 8.39. The van der Waals surface area contributed by atoms with Crippen molar-refractivity contribution in [3.8, 4) is 0 Å². The molecule has 0 spiro atoms. The van der Waals surface area contributed by atoms with E-state index >= 15 is 0 Å². The van der Waals surface area contributed by atoms with Crippen molar-refractivity contribution < 1.29 is 9.47 Å². The summed E-state index contributed by atoms with van der Waals surface area (Å²) in [4.78, 5) is 0. The first-order chi connectivity index (χ1) is 9.31. The molecule has 19 heavy (non-hydrogen) atoms. The van der Waals surface area contributed by atoms with Crippen LogP contribution in [-0.4, -0.2) is 37.5 Å². The van der Waals surface area contributed by atoms with Crippen LogP contribution < -0.4 is 0 Å². The summed E-state index contributed by atoms with van der Waals surface area (Å²) in [5.74, 6) is 0. The zero-order valence-electron chi connectivity index (χ0n) is 13.2. The van der Waals surface area contributed by atoms with E-state index in [9.17, 15) is 0 Å². The Balaban J connectivity index is 2.49. The van der Waals surface area contributed by atoms with Gasteiger partial charge >= 0.3 is 0 Å². The fourth-order valence-corrected chi connectivity index (χ4v) is 6.24. The van der Waals surface area contributed by atoms with E-state index < -0.39 is 0 Å². The van der Waals surface area contributed by atoms with Crippen LogP contribution in [0.15, 0.2) is 0 Å². The summed E-state index contributed by atoms with van der Waals surface area (Å²) < 4.78 is 11.4. The van der Waals surface area contributed by atoms with Gasteiger partial charge in [0.2, 0.25) is 0 Å². The molecule has 0 N–H and O–H groups in total. The number of ether oxygens (including phenoxy) is 2. The highest BCUT2D eigenvalue weighted by atomic mass is 31.1. The van der Waals surface area contributed by atoms with Crippen LogP contribution in [0.5, 0.6) is 0 Å². The first-order valence-corrected chi connectivity index (χ1v) is 10.1. The lowest BCUT2D eigenvalue weighted by Gasteiger charge is -2.29. The molecule has 1 unspecified atom stereocenters. The van der Waals surface area contributed by atoms with Crippen molar-refractivity contribution in [1.29, 1.82) is 0 Å². The van der Waals surface area contributed by atoms with E-state index in [1.165, 1.54) is 50.8 Å². The molecular weight excluding hydrogens is 255 g/mol. The normalized spacial score (nSPS) is 18.3. The Bertz CT molecular complexity index is 197. The molecule has 0 saturated carbocycles. The van der Waals surface area contributed by atoms with Gasteiger partial charge in [0.05, 0.1) is 13.2 Å². The molecule has 1 atom stereocenters. The Morgan fingerprint density at radius 1 is 0.947 bits per heavy atom. The standard InChI is InChI=1S/C16H33O2P/c1-4-7-12-19(13-8-5-2)15(9-6-3)14-16-17-10-11-18-16/h15-16H,4-14H2,1-3H3.